The molecule has 0 radical (unpaired) electrons. The molecule has 0 fully saturated rings. The molecule has 0 saturated heterocycles. The number of ether oxygens (including phenoxy) is 3. The van der Waals surface area contributed by atoms with Gasteiger partial charge in [-0.05, 0) is 36.6 Å². The molecule has 0 unspecified atom stereocenters. The zero-order valence-corrected chi connectivity index (χ0v) is 12.7. The Bertz CT molecular complexity index is 633. The Morgan fingerprint density at radius 2 is 2.00 bits per heavy atom. The van der Waals surface area contributed by atoms with Gasteiger partial charge < -0.3 is 24.4 Å². The van der Waals surface area contributed by atoms with Gasteiger partial charge in [-0.2, -0.15) is 0 Å². The van der Waals surface area contributed by atoms with Crippen LogP contribution in [0.4, 0.5) is 0 Å². The summed E-state index contributed by atoms with van der Waals surface area (Å²) in [5, 5.41) is 18.3. The average molecular weight is 322 g/mol. The molecule has 0 spiro atoms. The number of hydrogen-bond acceptors (Lipinski definition) is 6. The van der Waals surface area contributed by atoms with Crippen LogP contribution >= 0.6 is 0 Å². The SMILES string of the molecule is COCCOCOc1ccc2c(c1)CC/C(=C(/O)C(=O)O)C2=O. The number of aliphatic carboxylic acids is 1. The molecule has 1 aliphatic carbocycles. The van der Waals surface area contributed by atoms with E-state index in [9.17, 15) is 14.7 Å². The highest BCUT2D eigenvalue weighted by Gasteiger charge is 2.27. The maximum atomic E-state index is 12.2. The number of carboxylic acids is 1. The summed E-state index contributed by atoms with van der Waals surface area (Å²) in [6, 6.07) is 4.90. The first kappa shape index (κ1) is 17.0. The first-order chi connectivity index (χ1) is 11.0. The summed E-state index contributed by atoms with van der Waals surface area (Å²) in [4.78, 5) is 23.0. The number of carboxylic acid groups (broad SMARTS) is 1. The predicted octanol–water partition coefficient (Wildman–Crippen LogP) is 1.71. The van der Waals surface area contributed by atoms with Crippen molar-refractivity contribution < 1.29 is 34.0 Å². The molecule has 7 heteroatoms. The standard InChI is InChI=1S/C16H18O7/c1-21-6-7-22-9-23-11-3-5-12-10(8-11)2-4-13(14(12)17)15(18)16(19)20/h3,5,8,18H,2,4,6-7,9H2,1H3,(H,19,20)/b15-13-. The third-order valence-electron chi connectivity index (χ3n) is 3.47. The number of benzene rings is 1. The Morgan fingerprint density at radius 1 is 1.22 bits per heavy atom. The van der Waals surface area contributed by atoms with Crippen molar-refractivity contribution in [2.24, 2.45) is 0 Å². The largest absolute Gasteiger partial charge is 0.502 e. The highest BCUT2D eigenvalue weighted by atomic mass is 16.7. The number of ketones is 1. The summed E-state index contributed by atoms with van der Waals surface area (Å²) in [5.41, 5.74) is 1.07. The summed E-state index contributed by atoms with van der Waals surface area (Å²) in [7, 11) is 1.58. The van der Waals surface area contributed by atoms with Crippen molar-refractivity contribution in [3.63, 3.8) is 0 Å². The average Bonchev–Trinajstić information content (AvgIpc) is 2.54. The van der Waals surface area contributed by atoms with E-state index in [-0.39, 0.29) is 18.8 Å². The first-order valence-electron chi connectivity index (χ1n) is 7.07. The van der Waals surface area contributed by atoms with Crippen molar-refractivity contribution in [3.8, 4) is 5.75 Å². The number of methoxy groups -OCH3 is 1. The van der Waals surface area contributed by atoms with Crippen LogP contribution in [0.2, 0.25) is 0 Å². The number of carbonyl (C=O) groups excluding carboxylic acids is 1. The molecule has 0 heterocycles. The lowest BCUT2D eigenvalue weighted by molar-refractivity contribution is -0.135. The van der Waals surface area contributed by atoms with Crippen LogP contribution < -0.4 is 4.74 Å². The molecule has 1 aliphatic rings. The molecular formula is C16H18O7. The number of aryl methyl sites for hydroxylation is 1. The van der Waals surface area contributed by atoms with Gasteiger partial charge in [0.25, 0.3) is 0 Å². The molecule has 124 valence electrons. The van der Waals surface area contributed by atoms with Crippen molar-refractivity contribution in [3.05, 3.63) is 40.7 Å². The zero-order chi connectivity index (χ0) is 16.8. The van der Waals surface area contributed by atoms with Crippen molar-refractivity contribution in [1.82, 2.24) is 0 Å². The number of aliphatic hydroxyl groups excluding tert-OH is 1. The van der Waals surface area contributed by atoms with E-state index in [1.807, 2.05) is 0 Å². The van der Waals surface area contributed by atoms with Gasteiger partial charge in [-0.3, -0.25) is 4.79 Å². The minimum absolute atomic E-state index is 0.0680. The summed E-state index contributed by atoms with van der Waals surface area (Å²) >= 11 is 0. The second-order valence-corrected chi connectivity index (χ2v) is 4.94. The molecule has 23 heavy (non-hydrogen) atoms. The Kier molecular flexibility index (Phi) is 5.72. The molecular weight excluding hydrogens is 304 g/mol. The van der Waals surface area contributed by atoms with Gasteiger partial charge in [0, 0.05) is 18.2 Å². The molecule has 1 aromatic rings. The summed E-state index contributed by atoms with van der Waals surface area (Å²) in [6.45, 7) is 0.966. The van der Waals surface area contributed by atoms with Crippen molar-refractivity contribution in [2.45, 2.75) is 12.8 Å². The second kappa shape index (κ2) is 7.75. The first-order valence-corrected chi connectivity index (χ1v) is 7.07. The minimum atomic E-state index is -1.50. The molecule has 0 aliphatic heterocycles. The second-order valence-electron chi connectivity index (χ2n) is 4.94. The Hall–Kier alpha value is -2.38. The number of rotatable bonds is 7. The summed E-state index contributed by atoms with van der Waals surface area (Å²) < 4.78 is 15.5. The number of Topliss-reactive ketones (excluding diaryl/α,β-unsaturated/α-hetero) is 1. The summed E-state index contributed by atoms with van der Waals surface area (Å²) in [6.07, 6.45) is 0.632. The van der Waals surface area contributed by atoms with Crippen molar-refractivity contribution in [2.75, 3.05) is 27.1 Å². The molecule has 0 bridgehead atoms. The lowest BCUT2D eigenvalue weighted by atomic mass is 9.86. The molecule has 0 atom stereocenters. The number of fused-ring (bicyclic) bond motifs is 1. The van der Waals surface area contributed by atoms with Crippen LogP contribution in [-0.2, 0) is 20.7 Å². The van der Waals surface area contributed by atoms with Gasteiger partial charge in [0.15, 0.2) is 12.6 Å². The molecule has 0 saturated carbocycles. The van der Waals surface area contributed by atoms with Crippen LogP contribution in [0.1, 0.15) is 22.3 Å². The highest BCUT2D eigenvalue weighted by molar-refractivity contribution is 6.13. The minimum Gasteiger partial charge on any atom is -0.502 e. The Morgan fingerprint density at radius 3 is 2.70 bits per heavy atom. The third-order valence-corrected chi connectivity index (χ3v) is 3.47. The van der Waals surface area contributed by atoms with E-state index in [1.165, 1.54) is 0 Å². The predicted molar refractivity (Wildman–Crippen MR) is 79.7 cm³/mol. The van der Waals surface area contributed by atoms with Gasteiger partial charge in [0.05, 0.1) is 13.2 Å². The molecule has 7 nitrogen and oxygen atoms in total. The van der Waals surface area contributed by atoms with Crippen LogP contribution in [0, 0.1) is 0 Å². The van der Waals surface area contributed by atoms with Crippen molar-refractivity contribution >= 4 is 11.8 Å². The monoisotopic (exact) mass is 322 g/mol. The Labute approximate surface area is 133 Å². The highest BCUT2D eigenvalue weighted by Crippen LogP contribution is 2.29. The molecule has 0 aromatic heterocycles. The fourth-order valence-corrected chi connectivity index (χ4v) is 2.29. The topological polar surface area (TPSA) is 102 Å². The number of allylic oxidation sites excluding steroid dienone is 1. The van der Waals surface area contributed by atoms with Crippen LogP contribution in [0.3, 0.4) is 0 Å². The fraction of sp³-hybridized carbons (Fsp3) is 0.375. The van der Waals surface area contributed by atoms with E-state index < -0.39 is 17.5 Å². The van der Waals surface area contributed by atoms with Crippen LogP contribution in [0.5, 0.6) is 5.75 Å². The van der Waals surface area contributed by atoms with E-state index in [4.69, 9.17) is 19.3 Å². The van der Waals surface area contributed by atoms with E-state index in [0.717, 1.165) is 5.56 Å². The number of aliphatic hydroxyl groups is 1. The normalized spacial score (nSPS) is 16.0. The maximum Gasteiger partial charge on any atom is 0.371 e. The van der Waals surface area contributed by atoms with Gasteiger partial charge in [-0.25, -0.2) is 4.79 Å². The molecule has 2 rings (SSSR count). The van der Waals surface area contributed by atoms with Crippen LogP contribution in [0.25, 0.3) is 0 Å². The van der Waals surface area contributed by atoms with Gasteiger partial charge in [-0.15, -0.1) is 0 Å². The number of hydrogen-bond donors (Lipinski definition) is 2. The lowest BCUT2D eigenvalue weighted by Gasteiger charge is -2.18. The van der Waals surface area contributed by atoms with Gasteiger partial charge in [0.1, 0.15) is 5.75 Å². The smallest absolute Gasteiger partial charge is 0.371 e. The van der Waals surface area contributed by atoms with E-state index >= 15 is 0 Å². The fourth-order valence-electron chi connectivity index (χ4n) is 2.29. The van der Waals surface area contributed by atoms with Gasteiger partial charge in [0.2, 0.25) is 5.76 Å². The zero-order valence-electron chi connectivity index (χ0n) is 12.7. The molecule has 0 amide bonds. The third kappa shape index (κ3) is 4.08. The van der Waals surface area contributed by atoms with Crippen molar-refractivity contribution in [1.29, 1.82) is 0 Å². The van der Waals surface area contributed by atoms with Gasteiger partial charge >= 0.3 is 5.97 Å². The van der Waals surface area contributed by atoms with E-state index in [2.05, 4.69) is 0 Å². The molecule has 1 aromatic carbocycles. The quantitative estimate of drug-likeness (QED) is 0.341. The van der Waals surface area contributed by atoms with Crippen LogP contribution in [0.15, 0.2) is 29.5 Å². The maximum absolute atomic E-state index is 12.2. The van der Waals surface area contributed by atoms with E-state index in [1.54, 1.807) is 25.3 Å². The lowest BCUT2D eigenvalue weighted by Crippen LogP contribution is -2.19. The van der Waals surface area contributed by atoms with Gasteiger partial charge in [-0.1, -0.05) is 0 Å². The Balaban J connectivity index is 2.07. The molecule has 2 N–H and O–H groups in total. The van der Waals surface area contributed by atoms with E-state index in [0.29, 0.717) is 30.9 Å². The number of carbonyl (C=O) groups is 2. The van der Waals surface area contributed by atoms with Crippen LogP contribution in [-0.4, -0.2) is 49.1 Å². The summed E-state index contributed by atoms with van der Waals surface area (Å²) in [5.74, 6) is -2.28.